The minimum Gasteiger partial charge on any atom is -0.508 e. The van der Waals surface area contributed by atoms with Gasteiger partial charge in [-0.05, 0) is 413 Å². The van der Waals surface area contributed by atoms with Crippen LogP contribution in [0, 0.1) is 62.9 Å². The largest absolute Gasteiger partial charge is 0.508 e. The number of phenolic OH excluding ortho intramolecular Hbond substituents is 3. The maximum Gasteiger partial charge on any atom is 0.129 e. The van der Waals surface area contributed by atoms with Crippen LogP contribution >= 0.6 is 158 Å². The third-order valence-corrected chi connectivity index (χ3v) is 20.3. The quantitative estimate of drug-likeness (QED) is 0.0125. The lowest BCUT2D eigenvalue weighted by Gasteiger charge is -2.12. The number of aliphatic hydroxyl groups excluding tert-OH is 6. The molecule has 0 amide bonds. The third kappa shape index (κ3) is 46.1. The van der Waals surface area contributed by atoms with Crippen molar-refractivity contribution in [2.45, 2.75) is 182 Å². The zero-order chi connectivity index (χ0) is 75.6. The first-order valence-electron chi connectivity index (χ1n) is 32.1. The fraction of sp³-hybridized carbons (Fsp3) is 0.364. The second kappa shape index (κ2) is 54.8. The van der Waals surface area contributed by atoms with Gasteiger partial charge in [-0.2, -0.15) is 0 Å². The van der Waals surface area contributed by atoms with E-state index in [1.54, 1.807) is 77.1 Å². The highest BCUT2D eigenvalue weighted by Gasteiger charge is 2.15. The number of nitrogens with two attached hydrogens (primary N) is 1. The van der Waals surface area contributed by atoms with E-state index < -0.39 is 36.6 Å². The molecule has 0 fully saturated rings. The van der Waals surface area contributed by atoms with Crippen LogP contribution in [0.25, 0.3) is 0 Å². The molecule has 7 rings (SSSR count). The Balaban J connectivity index is 0.00000115. The second-order valence-corrected chi connectivity index (χ2v) is 32.2. The summed E-state index contributed by atoms with van der Waals surface area (Å²) in [6.45, 7) is 10.6. The Labute approximate surface area is 694 Å². The lowest BCUT2D eigenvalue weighted by Crippen LogP contribution is -2.11. The van der Waals surface area contributed by atoms with Crippen molar-refractivity contribution < 1.29 is 46.0 Å². The van der Waals surface area contributed by atoms with Gasteiger partial charge in [0.05, 0.1) is 46.0 Å². The molecule has 7 aromatic carbocycles. The molecular weight excluding hydrogens is 2100 g/mol. The Hall–Kier alpha value is -3.70. The standard InChI is InChI=1S/2C11H14INO2.3C11H14INO.C11H14IN.C10H13IN2O2.CH4/c1-7(13)2-5-10(14)8-3-4-9(12)11(15)6-8;1-7(13)2-3-11(15)8-4-9(12)6-10(14)5-8;1-8(13)2-7-11(14)9-3-5-10(12)6-4-9;1-8(13)5-6-11(14)9-3-2-4-10(12)7-9;1-8(13)6-7-11(14)9-4-2-3-5-10(9)12;1-9(13)5-4-7-10-6-2-3-8-11(10)12;11-8-2-1-6(14)5-7(8)9(15)3-4-10(12)13;/h3-4,6,10,13-15H,2,5H2,1H3;4-6,11,13-15H,2-3H2,1H3;3-6,11,13-14H,2,7H2,1H3;2-4,7,11,13-14H,5-6H2,1H3;2-5,11,13-14H,6-7H2,1H3;2-3,6,8,13H,4-5,7H2,1H3;1-2,5,9,14-15H,3-4H2,(H3,12,13);1H4/t10-;4*11-;;9-;/m00000.0./s1/i6*12+4;11+4;. The van der Waals surface area contributed by atoms with Crippen molar-refractivity contribution >= 4 is 198 Å². The van der Waals surface area contributed by atoms with Gasteiger partial charge in [0.25, 0.3) is 0 Å². The van der Waals surface area contributed by atoms with E-state index in [1.165, 1.54) is 18.8 Å². The Morgan fingerprint density at radius 1 is 0.337 bits per heavy atom. The summed E-state index contributed by atoms with van der Waals surface area (Å²) in [5.41, 5.74) is 15.3. The molecule has 0 heterocycles. The number of hydrogen-bond donors (Lipinski definition) is 17. The van der Waals surface area contributed by atoms with E-state index >= 15 is 0 Å². The highest BCUT2D eigenvalue weighted by atomic mass is 131. The van der Waals surface area contributed by atoms with E-state index in [9.17, 15) is 46.0 Å². The molecule has 0 aromatic heterocycles. The molecule has 0 unspecified atom stereocenters. The number of hydrogen-bond acceptors (Lipinski definition) is 16. The number of aliphatic hydroxyl groups is 6. The second-order valence-electron chi connectivity index (χ2n) is 23.8. The predicted octanol–water partition coefficient (Wildman–Crippen LogP) is 21.2. The van der Waals surface area contributed by atoms with E-state index in [2.05, 4.69) is 160 Å². The molecule has 101 heavy (non-hydrogen) atoms. The average molecular weight is 2200 g/mol. The summed E-state index contributed by atoms with van der Waals surface area (Å²) in [6.07, 6.45) is 6.72. The molecule has 0 saturated carbocycles. The van der Waals surface area contributed by atoms with Crippen molar-refractivity contribution in [2.75, 3.05) is 0 Å². The Morgan fingerprint density at radius 2 is 0.743 bits per heavy atom. The Kier molecular flexibility index (Phi) is 52.8. The summed E-state index contributed by atoms with van der Waals surface area (Å²) in [6, 6.07) is 46.9. The monoisotopic (exact) mass is 2200 g/mol. The lowest BCUT2D eigenvalue weighted by molar-refractivity contribution is 0.168. The highest BCUT2D eigenvalue weighted by Crippen LogP contribution is 2.30. The van der Waals surface area contributed by atoms with Crippen LogP contribution < -0.4 is 5.73 Å². The van der Waals surface area contributed by atoms with Gasteiger partial charge in [0.2, 0.25) is 0 Å². The van der Waals surface area contributed by atoms with Crippen LogP contribution in [0.1, 0.15) is 214 Å². The molecule has 18 N–H and O–H groups in total. The molecule has 0 aliphatic heterocycles. The smallest absolute Gasteiger partial charge is 0.129 e. The van der Waals surface area contributed by atoms with Crippen molar-refractivity contribution in [1.29, 1.82) is 37.9 Å². The first kappa shape index (κ1) is 97.3. The zero-order valence-corrected chi connectivity index (χ0v) is 72.4. The van der Waals surface area contributed by atoms with E-state index in [1.807, 2.05) is 108 Å². The summed E-state index contributed by atoms with van der Waals surface area (Å²) in [4.78, 5) is 0. The highest BCUT2D eigenvalue weighted by molar-refractivity contribution is 14.1. The van der Waals surface area contributed by atoms with E-state index in [4.69, 9.17) is 43.6 Å². The first-order chi connectivity index (χ1) is 47.0. The van der Waals surface area contributed by atoms with Gasteiger partial charge in [-0.15, -0.1) is 0 Å². The van der Waals surface area contributed by atoms with Crippen molar-refractivity contribution in [2.24, 2.45) is 5.73 Å². The number of rotatable bonds is 28. The summed E-state index contributed by atoms with van der Waals surface area (Å²) in [5.74, 6) is 0.553. The number of amidine groups is 1. The lowest BCUT2D eigenvalue weighted by atomic mass is 10.0. The molecule has 0 saturated heterocycles. The molecule has 0 spiro atoms. The maximum absolute atomic E-state index is 9.85. The summed E-state index contributed by atoms with van der Waals surface area (Å²) in [5, 5.41) is 138. The molecule has 0 aliphatic rings. The van der Waals surface area contributed by atoms with E-state index in [0.29, 0.717) is 122 Å². The Morgan fingerprint density at radius 3 is 1.21 bits per heavy atom. The van der Waals surface area contributed by atoms with Gasteiger partial charge < -0.3 is 84.1 Å². The number of benzene rings is 7. The molecule has 6 atom stereocenters. The number of nitrogens with one attached hydrogen (secondary N) is 7. The number of halogens is 7. The van der Waals surface area contributed by atoms with E-state index in [0.717, 1.165) is 59.5 Å². The van der Waals surface area contributed by atoms with Gasteiger partial charge in [0.15, 0.2) is 0 Å². The number of aryl methyl sites for hydroxylation is 1. The Bertz CT molecular complexity index is 3660. The predicted molar refractivity (Wildman–Crippen MR) is 476 cm³/mol. The summed E-state index contributed by atoms with van der Waals surface area (Å²) < 4.78 is 7.27. The number of phenols is 3. The molecule has 17 nitrogen and oxygen atoms in total. The van der Waals surface area contributed by atoms with Gasteiger partial charge in [-0.25, -0.2) is 0 Å². The third-order valence-electron chi connectivity index (χ3n) is 14.3. The van der Waals surface area contributed by atoms with Gasteiger partial charge >= 0.3 is 0 Å². The van der Waals surface area contributed by atoms with Crippen LogP contribution in [0.15, 0.2) is 152 Å². The average Bonchev–Trinajstić information content (AvgIpc) is 0.891. The normalized spacial score (nSPS) is 12.0. The van der Waals surface area contributed by atoms with Crippen LogP contribution in [0.4, 0.5) is 0 Å². The van der Waals surface area contributed by atoms with Crippen LogP contribution in [0.2, 0.25) is 0 Å². The first-order valence-corrected chi connectivity index (χ1v) is 39.6. The fourth-order valence-electron chi connectivity index (χ4n) is 8.74. The molecule has 7 aromatic rings. The number of aromatic hydroxyl groups is 3. The molecule has 0 radical (unpaired) electrons. The molecule has 552 valence electrons. The van der Waals surface area contributed by atoms with Crippen LogP contribution in [0.3, 0.4) is 0 Å². The minimum absolute atomic E-state index is 0. The minimum atomic E-state index is -0.687. The van der Waals surface area contributed by atoms with Gasteiger partial charge in [-0.1, -0.05) is 74.2 Å². The SMILES string of the molecule is C.CC(=N)CCCc1ccccc1[131I].CC(=N)CC[C@H](O)c1cc(O)cc([131I])c1.CC(=N)CC[C@H](O)c1ccc([131I])c(O)c1.CC(=N)CC[C@H](O)c1ccc([131I])cc1.CC(=N)CC[C@H](O)c1cccc([131I])c1.CC(=N)CC[C@H](O)c1ccccc1[131I].N=C(N)CC[C@H](O)c1cc(O)ccc1[131I]. The summed E-state index contributed by atoms with van der Waals surface area (Å²) >= 11 is 15.3. The fourth-order valence-corrected chi connectivity index (χ4v) is 12.8. The van der Waals surface area contributed by atoms with Gasteiger partial charge in [0, 0.05) is 62.1 Å². The summed E-state index contributed by atoms with van der Waals surface area (Å²) in [7, 11) is 0. The maximum atomic E-state index is 9.85. The van der Waals surface area contributed by atoms with Crippen molar-refractivity contribution in [3.63, 3.8) is 0 Å². The van der Waals surface area contributed by atoms with Gasteiger partial charge in [0.1, 0.15) is 17.2 Å². The van der Waals surface area contributed by atoms with Crippen LogP contribution in [0.5, 0.6) is 17.2 Å². The molecule has 24 heteroatoms. The van der Waals surface area contributed by atoms with Crippen molar-refractivity contribution in [3.8, 4) is 17.2 Å². The topological polar surface area (TPSA) is 375 Å². The van der Waals surface area contributed by atoms with Crippen LogP contribution in [-0.2, 0) is 6.42 Å². The zero-order valence-electron chi connectivity index (χ0n) is 57.3. The van der Waals surface area contributed by atoms with Crippen molar-refractivity contribution in [1.82, 2.24) is 0 Å². The molecular formula is C77H101I7N8O9. The molecule has 0 bridgehead atoms. The van der Waals surface area contributed by atoms with Crippen LogP contribution in [-0.4, -0.2) is 86.1 Å². The van der Waals surface area contributed by atoms with E-state index in [-0.39, 0.29) is 30.5 Å². The molecule has 0 aliphatic carbocycles. The van der Waals surface area contributed by atoms with Crippen molar-refractivity contribution in [3.05, 3.63) is 216 Å². The van der Waals surface area contributed by atoms with Gasteiger partial charge in [-0.3, -0.25) is 5.41 Å².